The van der Waals surface area contributed by atoms with Gasteiger partial charge in [-0.25, -0.2) is 4.39 Å². The number of hydrogen-bond acceptors (Lipinski definition) is 1. The van der Waals surface area contributed by atoms with Crippen molar-refractivity contribution in [3.63, 3.8) is 0 Å². The first-order valence-corrected chi connectivity index (χ1v) is 7.28. The number of halogens is 1. The van der Waals surface area contributed by atoms with Crippen LogP contribution in [0.3, 0.4) is 0 Å². The van der Waals surface area contributed by atoms with Gasteiger partial charge in [-0.2, -0.15) is 0 Å². The molecule has 1 heterocycles. The van der Waals surface area contributed by atoms with E-state index in [0.29, 0.717) is 12.8 Å². The van der Waals surface area contributed by atoms with Crippen LogP contribution < -0.4 is 0 Å². The van der Waals surface area contributed by atoms with E-state index in [4.69, 9.17) is 0 Å². The Bertz CT molecular complexity index is 408. The predicted molar refractivity (Wildman–Crippen MR) is 72.5 cm³/mol. The summed E-state index contributed by atoms with van der Waals surface area (Å²) in [6, 6.07) is 6.97. The number of aryl methyl sites for hydroxylation is 2. The van der Waals surface area contributed by atoms with Crippen molar-refractivity contribution in [3.05, 3.63) is 34.9 Å². The van der Waals surface area contributed by atoms with E-state index in [1.165, 1.54) is 31.2 Å². The summed E-state index contributed by atoms with van der Waals surface area (Å²) in [6.07, 6.45) is 6.04. The van der Waals surface area contributed by atoms with Gasteiger partial charge in [0.15, 0.2) is 0 Å². The molecule has 0 spiro atoms. The standard InChI is InChI=1S/C16H22FN/c17-16-7-9-18(10-8-16)12-13-5-6-14-3-1-2-4-15(14)11-13/h5-6,11,16H,1-4,7-10,12H2. The lowest BCUT2D eigenvalue weighted by Gasteiger charge is -2.29. The van der Waals surface area contributed by atoms with Crippen molar-refractivity contribution < 1.29 is 4.39 Å². The van der Waals surface area contributed by atoms with E-state index in [9.17, 15) is 4.39 Å². The van der Waals surface area contributed by atoms with E-state index in [1.54, 1.807) is 11.1 Å². The molecule has 1 fully saturated rings. The van der Waals surface area contributed by atoms with Crippen LogP contribution in [0.1, 0.15) is 42.4 Å². The Hall–Kier alpha value is -0.890. The Kier molecular flexibility index (Phi) is 3.64. The maximum atomic E-state index is 13.1. The molecule has 2 aliphatic rings. The first kappa shape index (κ1) is 12.2. The third kappa shape index (κ3) is 2.74. The number of rotatable bonds is 2. The van der Waals surface area contributed by atoms with E-state index >= 15 is 0 Å². The Labute approximate surface area is 109 Å². The summed E-state index contributed by atoms with van der Waals surface area (Å²) in [4.78, 5) is 2.39. The number of hydrogen-bond donors (Lipinski definition) is 0. The molecule has 0 saturated carbocycles. The highest BCUT2D eigenvalue weighted by Crippen LogP contribution is 2.23. The van der Waals surface area contributed by atoms with Gasteiger partial charge in [-0.05, 0) is 55.2 Å². The molecule has 0 amide bonds. The second-order valence-corrected chi connectivity index (χ2v) is 5.76. The van der Waals surface area contributed by atoms with E-state index in [0.717, 1.165) is 19.6 Å². The zero-order chi connectivity index (χ0) is 12.4. The molecule has 0 N–H and O–H groups in total. The minimum Gasteiger partial charge on any atom is -0.299 e. The third-order valence-electron chi connectivity index (χ3n) is 4.34. The van der Waals surface area contributed by atoms with Crippen LogP contribution in [0.4, 0.5) is 4.39 Å². The largest absolute Gasteiger partial charge is 0.299 e. The monoisotopic (exact) mass is 247 g/mol. The van der Waals surface area contributed by atoms with Crippen molar-refractivity contribution in [3.8, 4) is 0 Å². The van der Waals surface area contributed by atoms with Gasteiger partial charge in [0, 0.05) is 19.6 Å². The van der Waals surface area contributed by atoms with Crippen LogP contribution in [0.2, 0.25) is 0 Å². The van der Waals surface area contributed by atoms with Crippen LogP contribution in [-0.2, 0) is 19.4 Å². The van der Waals surface area contributed by atoms with E-state index in [-0.39, 0.29) is 0 Å². The topological polar surface area (TPSA) is 3.24 Å². The van der Waals surface area contributed by atoms with Gasteiger partial charge >= 0.3 is 0 Å². The van der Waals surface area contributed by atoms with E-state index < -0.39 is 6.17 Å². The molecule has 0 atom stereocenters. The fraction of sp³-hybridized carbons (Fsp3) is 0.625. The summed E-state index contributed by atoms with van der Waals surface area (Å²) in [5, 5.41) is 0. The molecule has 1 aliphatic carbocycles. The number of nitrogens with zero attached hydrogens (tertiary/aromatic N) is 1. The summed E-state index contributed by atoms with van der Waals surface area (Å²) in [5.74, 6) is 0. The highest BCUT2D eigenvalue weighted by atomic mass is 19.1. The van der Waals surface area contributed by atoms with Crippen molar-refractivity contribution in [2.24, 2.45) is 0 Å². The summed E-state index contributed by atoms with van der Waals surface area (Å²) in [5.41, 5.74) is 4.51. The molecule has 0 aromatic heterocycles. The summed E-state index contributed by atoms with van der Waals surface area (Å²) in [6.45, 7) is 2.83. The normalized spacial score (nSPS) is 21.8. The van der Waals surface area contributed by atoms with Gasteiger partial charge in [-0.15, -0.1) is 0 Å². The van der Waals surface area contributed by atoms with Gasteiger partial charge in [0.1, 0.15) is 6.17 Å². The third-order valence-corrected chi connectivity index (χ3v) is 4.34. The molecular weight excluding hydrogens is 225 g/mol. The SMILES string of the molecule is FC1CCN(Cc2ccc3c(c2)CCCC3)CC1. The van der Waals surface area contributed by atoms with Gasteiger partial charge < -0.3 is 0 Å². The second-order valence-electron chi connectivity index (χ2n) is 5.76. The maximum absolute atomic E-state index is 13.1. The van der Waals surface area contributed by atoms with Crippen molar-refractivity contribution in [2.75, 3.05) is 13.1 Å². The Morgan fingerprint density at radius 2 is 1.78 bits per heavy atom. The second kappa shape index (κ2) is 5.40. The number of fused-ring (bicyclic) bond motifs is 1. The van der Waals surface area contributed by atoms with Gasteiger partial charge in [-0.3, -0.25) is 4.90 Å². The maximum Gasteiger partial charge on any atom is 0.103 e. The Morgan fingerprint density at radius 3 is 2.56 bits per heavy atom. The predicted octanol–water partition coefficient (Wildman–Crippen LogP) is 3.50. The molecule has 1 nitrogen and oxygen atoms in total. The molecule has 0 unspecified atom stereocenters. The zero-order valence-electron chi connectivity index (χ0n) is 11.0. The van der Waals surface area contributed by atoms with Crippen LogP contribution in [-0.4, -0.2) is 24.2 Å². The molecule has 18 heavy (non-hydrogen) atoms. The first-order valence-electron chi connectivity index (χ1n) is 7.28. The average molecular weight is 247 g/mol. The lowest BCUT2D eigenvalue weighted by Crippen LogP contribution is -2.33. The van der Waals surface area contributed by atoms with E-state index in [2.05, 4.69) is 23.1 Å². The highest BCUT2D eigenvalue weighted by molar-refractivity contribution is 5.33. The number of benzene rings is 1. The molecule has 1 aromatic rings. The van der Waals surface area contributed by atoms with Crippen molar-refractivity contribution in [1.82, 2.24) is 4.90 Å². The number of piperidine rings is 1. The highest BCUT2D eigenvalue weighted by Gasteiger charge is 2.18. The molecule has 1 saturated heterocycles. The van der Waals surface area contributed by atoms with Gasteiger partial charge in [0.2, 0.25) is 0 Å². The quantitative estimate of drug-likeness (QED) is 0.773. The lowest BCUT2D eigenvalue weighted by molar-refractivity contribution is 0.145. The van der Waals surface area contributed by atoms with Crippen molar-refractivity contribution >= 4 is 0 Å². The molecule has 1 aromatic carbocycles. The number of likely N-dealkylation sites (tertiary alicyclic amines) is 1. The molecule has 0 bridgehead atoms. The molecule has 0 radical (unpaired) electrons. The summed E-state index contributed by atoms with van der Waals surface area (Å²) in [7, 11) is 0. The fourth-order valence-corrected chi connectivity index (χ4v) is 3.20. The summed E-state index contributed by atoms with van der Waals surface area (Å²) < 4.78 is 13.1. The number of alkyl halides is 1. The Balaban J connectivity index is 1.66. The minimum absolute atomic E-state index is 0.565. The van der Waals surface area contributed by atoms with Crippen LogP contribution in [0.25, 0.3) is 0 Å². The van der Waals surface area contributed by atoms with Gasteiger partial charge in [0.25, 0.3) is 0 Å². The minimum atomic E-state index is -0.565. The lowest BCUT2D eigenvalue weighted by atomic mass is 9.90. The van der Waals surface area contributed by atoms with Gasteiger partial charge in [0.05, 0.1) is 0 Å². The van der Waals surface area contributed by atoms with Crippen LogP contribution in [0, 0.1) is 0 Å². The van der Waals surface area contributed by atoms with Crippen molar-refractivity contribution in [1.29, 1.82) is 0 Å². The Morgan fingerprint density at radius 1 is 1.06 bits per heavy atom. The average Bonchev–Trinajstić information content (AvgIpc) is 2.41. The van der Waals surface area contributed by atoms with Gasteiger partial charge in [-0.1, -0.05) is 18.2 Å². The van der Waals surface area contributed by atoms with Crippen molar-refractivity contribution in [2.45, 2.75) is 51.2 Å². The summed E-state index contributed by atoms with van der Waals surface area (Å²) >= 11 is 0. The van der Waals surface area contributed by atoms with E-state index in [1.807, 2.05) is 0 Å². The van der Waals surface area contributed by atoms with Crippen LogP contribution in [0.5, 0.6) is 0 Å². The molecule has 3 rings (SSSR count). The molecular formula is C16H22FN. The zero-order valence-corrected chi connectivity index (χ0v) is 11.0. The van der Waals surface area contributed by atoms with Crippen LogP contribution >= 0.6 is 0 Å². The van der Waals surface area contributed by atoms with Crippen LogP contribution in [0.15, 0.2) is 18.2 Å². The molecule has 2 heteroatoms. The smallest absolute Gasteiger partial charge is 0.103 e. The molecule has 1 aliphatic heterocycles. The first-order chi connectivity index (χ1) is 8.81. The fourth-order valence-electron chi connectivity index (χ4n) is 3.20. The molecule has 98 valence electrons.